The van der Waals surface area contributed by atoms with Gasteiger partial charge in [-0.3, -0.25) is 0 Å². The Morgan fingerprint density at radius 2 is 1.96 bits per heavy atom. The summed E-state index contributed by atoms with van der Waals surface area (Å²) >= 11 is 0. The molecule has 3 aromatic rings. The molecule has 0 fully saturated rings. The summed E-state index contributed by atoms with van der Waals surface area (Å²) in [5, 5.41) is 11.4. The molecule has 0 saturated heterocycles. The van der Waals surface area contributed by atoms with Gasteiger partial charge in [0.05, 0.1) is 12.7 Å². The largest absolute Gasteiger partial charge is 0.495 e. The van der Waals surface area contributed by atoms with Crippen molar-refractivity contribution in [2.75, 3.05) is 7.11 Å². The van der Waals surface area contributed by atoms with Crippen molar-refractivity contribution in [1.29, 1.82) is 0 Å². The second-order valence-corrected chi connectivity index (χ2v) is 5.90. The van der Waals surface area contributed by atoms with Crippen LogP contribution in [-0.4, -0.2) is 18.2 Å². The molecule has 0 aliphatic heterocycles. The highest BCUT2D eigenvalue weighted by Crippen LogP contribution is 2.47. The number of rotatable bonds is 3. The highest BCUT2D eigenvalue weighted by molar-refractivity contribution is 6.07. The molecule has 0 amide bonds. The molecule has 3 nitrogen and oxygen atoms in total. The number of carboxylic acids is 1. The topological polar surface area (TPSA) is 46.5 Å². The predicted molar refractivity (Wildman–Crippen MR) is 95.8 cm³/mol. The van der Waals surface area contributed by atoms with E-state index in [0.29, 0.717) is 12.0 Å². The fourth-order valence-electron chi connectivity index (χ4n) is 3.71. The molecule has 1 aliphatic rings. The zero-order valence-electron chi connectivity index (χ0n) is 13.3. The number of carboxylic acid groups (broad SMARTS) is 1. The van der Waals surface area contributed by atoms with Crippen LogP contribution in [0.15, 0.2) is 49.0 Å². The Morgan fingerprint density at radius 3 is 2.62 bits per heavy atom. The molecule has 0 atom stereocenters. The van der Waals surface area contributed by atoms with Gasteiger partial charge in [-0.1, -0.05) is 43.0 Å². The molecule has 4 rings (SSSR count). The zero-order valence-corrected chi connectivity index (χ0v) is 13.3. The highest BCUT2D eigenvalue weighted by atomic mass is 16.5. The SMILES string of the molecule is C=Cc1c2c(c3ccccc3c1OC)-c1ccc(C(=O)O)cc1C2. The molecule has 0 heterocycles. The first kappa shape index (κ1) is 14.5. The summed E-state index contributed by atoms with van der Waals surface area (Å²) in [6.07, 6.45) is 2.52. The third-order valence-corrected chi connectivity index (χ3v) is 4.71. The van der Waals surface area contributed by atoms with E-state index in [4.69, 9.17) is 4.74 Å². The summed E-state index contributed by atoms with van der Waals surface area (Å²) < 4.78 is 5.67. The molecule has 1 aliphatic carbocycles. The lowest BCUT2D eigenvalue weighted by Gasteiger charge is -2.15. The molecule has 0 saturated carbocycles. The van der Waals surface area contributed by atoms with Gasteiger partial charge in [-0.15, -0.1) is 0 Å². The molecule has 0 radical (unpaired) electrons. The predicted octanol–water partition coefficient (Wildman–Crippen LogP) is 4.76. The summed E-state index contributed by atoms with van der Waals surface area (Å²) in [4.78, 5) is 11.3. The monoisotopic (exact) mass is 316 g/mol. The lowest BCUT2D eigenvalue weighted by Crippen LogP contribution is -1.97. The normalized spacial score (nSPS) is 11.9. The second-order valence-electron chi connectivity index (χ2n) is 5.90. The van der Waals surface area contributed by atoms with Crippen molar-refractivity contribution in [1.82, 2.24) is 0 Å². The van der Waals surface area contributed by atoms with Crippen molar-refractivity contribution in [3.63, 3.8) is 0 Å². The van der Waals surface area contributed by atoms with Crippen molar-refractivity contribution in [2.24, 2.45) is 0 Å². The van der Waals surface area contributed by atoms with Gasteiger partial charge in [0.1, 0.15) is 5.75 Å². The Kier molecular flexibility index (Phi) is 3.17. The summed E-state index contributed by atoms with van der Waals surface area (Å²) in [5.41, 5.74) is 5.74. The minimum atomic E-state index is -0.903. The van der Waals surface area contributed by atoms with Gasteiger partial charge in [0.15, 0.2) is 0 Å². The fraction of sp³-hybridized carbons (Fsp3) is 0.0952. The average molecular weight is 316 g/mol. The maximum Gasteiger partial charge on any atom is 0.335 e. The first-order valence-corrected chi connectivity index (χ1v) is 7.76. The number of carbonyl (C=O) groups is 1. The Hall–Kier alpha value is -3.07. The summed E-state index contributed by atoms with van der Waals surface area (Å²) in [5.74, 6) is -0.0780. The van der Waals surface area contributed by atoms with Crippen molar-refractivity contribution in [3.8, 4) is 16.9 Å². The standard InChI is InChI=1S/C21H16O3/c1-3-14-18-11-13-10-12(21(22)23)8-9-15(13)19(18)16-6-4-5-7-17(16)20(14)24-2/h3-10H,1,11H2,2H3,(H,22,23). The molecule has 0 unspecified atom stereocenters. The molecule has 0 spiro atoms. The van der Waals surface area contributed by atoms with Gasteiger partial charge in [-0.05, 0) is 46.2 Å². The lowest BCUT2D eigenvalue weighted by molar-refractivity contribution is 0.0697. The number of hydrogen-bond acceptors (Lipinski definition) is 2. The van der Waals surface area contributed by atoms with E-state index in [-0.39, 0.29) is 0 Å². The molecule has 3 heteroatoms. The summed E-state index contributed by atoms with van der Waals surface area (Å²) in [6, 6.07) is 13.5. The van der Waals surface area contributed by atoms with Crippen LogP contribution in [0.25, 0.3) is 28.0 Å². The number of methoxy groups -OCH3 is 1. The van der Waals surface area contributed by atoms with Gasteiger partial charge in [0.25, 0.3) is 0 Å². The van der Waals surface area contributed by atoms with Crippen molar-refractivity contribution >= 4 is 22.8 Å². The average Bonchev–Trinajstić information content (AvgIpc) is 2.98. The molecule has 24 heavy (non-hydrogen) atoms. The Bertz CT molecular complexity index is 1020. The van der Waals surface area contributed by atoms with Gasteiger partial charge < -0.3 is 9.84 Å². The molecule has 0 aromatic heterocycles. The maximum absolute atomic E-state index is 11.3. The smallest absolute Gasteiger partial charge is 0.335 e. The Labute approximate surface area is 139 Å². The van der Waals surface area contributed by atoms with Crippen LogP contribution in [0.4, 0.5) is 0 Å². The van der Waals surface area contributed by atoms with Crippen LogP contribution in [-0.2, 0) is 6.42 Å². The highest BCUT2D eigenvalue weighted by Gasteiger charge is 2.27. The third kappa shape index (κ3) is 1.88. The fourth-order valence-corrected chi connectivity index (χ4v) is 3.71. The van der Waals surface area contributed by atoms with Crippen LogP contribution in [0.3, 0.4) is 0 Å². The number of hydrogen-bond donors (Lipinski definition) is 1. The molecular formula is C21H16O3. The van der Waals surface area contributed by atoms with E-state index >= 15 is 0 Å². The van der Waals surface area contributed by atoms with Crippen molar-refractivity contribution < 1.29 is 14.6 Å². The number of benzene rings is 3. The maximum atomic E-state index is 11.3. The Balaban J connectivity index is 2.11. The number of fused-ring (bicyclic) bond motifs is 5. The molecule has 3 aromatic carbocycles. The van der Waals surface area contributed by atoms with Gasteiger partial charge in [0, 0.05) is 10.9 Å². The van der Waals surface area contributed by atoms with Gasteiger partial charge >= 0.3 is 5.97 Å². The van der Waals surface area contributed by atoms with Crippen LogP contribution in [0, 0.1) is 0 Å². The van der Waals surface area contributed by atoms with Gasteiger partial charge in [0.2, 0.25) is 0 Å². The quantitative estimate of drug-likeness (QED) is 0.592. The van der Waals surface area contributed by atoms with E-state index in [1.165, 1.54) is 0 Å². The van der Waals surface area contributed by atoms with Crippen molar-refractivity contribution in [3.05, 3.63) is 71.3 Å². The first-order chi connectivity index (χ1) is 11.7. The van der Waals surface area contributed by atoms with Crippen LogP contribution >= 0.6 is 0 Å². The van der Waals surface area contributed by atoms with Crippen LogP contribution in [0.5, 0.6) is 5.75 Å². The second kappa shape index (κ2) is 5.24. The Morgan fingerprint density at radius 1 is 1.21 bits per heavy atom. The van der Waals surface area contributed by atoms with E-state index in [9.17, 15) is 9.90 Å². The summed E-state index contributed by atoms with van der Waals surface area (Å²) in [7, 11) is 1.67. The summed E-state index contributed by atoms with van der Waals surface area (Å²) in [6.45, 7) is 3.96. The van der Waals surface area contributed by atoms with E-state index in [2.05, 4.69) is 12.6 Å². The molecular weight excluding hydrogens is 300 g/mol. The zero-order chi connectivity index (χ0) is 16.8. The van der Waals surface area contributed by atoms with E-state index in [1.54, 1.807) is 19.2 Å². The molecule has 1 N–H and O–H groups in total. The van der Waals surface area contributed by atoms with E-state index in [1.807, 2.05) is 30.3 Å². The minimum Gasteiger partial charge on any atom is -0.495 e. The third-order valence-electron chi connectivity index (χ3n) is 4.71. The van der Waals surface area contributed by atoms with Gasteiger partial charge in [-0.2, -0.15) is 0 Å². The van der Waals surface area contributed by atoms with Crippen molar-refractivity contribution in [2.45, 2.75) is 6.42 Å². The van der Waals surface area contributed by atoms with E-state index in [0.717, 1.165) is 44.3 Å². The molecule has 0 bridgehead atoms. The minimum absolute atomic E-state index is 0.318. The lowest BCUT2D eigenvalue weighted by atomic mass is 9.92. The van der Waals surface area contributed by atoms with E-state index < -0.39 is 5.97 Å². The first-order valence-electron chi connectivity index (χ1n) is 7.76. The molecule has 118 valence electrons. The van der Waals surface area contributed by atoms with Crippen LogP contribution < -0.4 is 4.74 Å². The van der Waals surface area contributed by atoms with Gasteiger partial charge in [-0.25, -0.2) is 4.79 Å². The number of ether oxygens (including phenoxy) is 1. The van der Waals surface area contributed by atoms with Crippen LogP contribution in [0.1, 0.15) is 27.0 Å². The van der Waals surface area contributed by atoms with Crippen LogP contribution in [0.2, 0.25) is 0 Å². The number of aromatic carboxylic acids is 1.